The van der Waals surface area contributed by atoms with Crippen LogP contribution in [0.15, 0.2) is 0 Å². The van der Waals surface area contributed by atoms with Crippen LogP contribution < -0.4 is 5.32 Å². The van der Waals surface area contributed by atoms with Crippen molar-refractivity contribution >= 4 is 12.0 Å². The molecule has 2 fully saturated rings. The Bertz CT molecular complexity index is 411. The third-order valence-electron chi connectivity index (χ3n) is 5.43. The van der Waals surface area contributed by atoms with Crippen LogP contribution in [-0.4, -0.2) is 68.2 Å². The third-order valence-corrected chi connectivity index (χ3v) is 5.43. The molecule has 0 spiro atoms. The topological polar surface area (TPSA) is 61.9 Å². The average molecular weight is 354 g/mol. The van der Waals surface area contributed by atoms with E-state index in [2.05, 4.69) is 15.0 Å². The first-order valence-corrected chi connectivity index (χ1v) is 10.0. The van der Waals surface area contributed by atoms with Crippen LogP contribution in [0.3, 0.4) is 0 Å². The van der Waals surface area contributed by atoms with E-state index in [-0.39, 0.29) is 12.0 Å². The molecule has 144 valence electrons. The van der Waals surface area contributed by atoms with Gasteiger partial charge < -0.3 is 19.9 Å². The number of nitrogens with zero attached hydrogens (tertiary/aromatic N) is 2. The summed E-state index contributed by atoms with van der Waals surface area (Å²) in [6, 6.07) is 0.0394. The molecule has 0 atom stereocenters. The lowest BCUT2D eigenvalue weighted by molar-refractivity contribution is -0.140. The number of esters is 1. The first-order valence-electron chi connectivity index (χ1n) is 10.0. The highest BCUT2D eigenvalue weighted by Gasteiger charge is 2.22. The summed E-state index contributed by atoms with van der Waals surface area (Å²) in [4.78, 5) is 27.9. The van der Waals surface area contributed by atoms with Gasteiger partial charge in [-0.3, -0.25) is 4.79 Å². The van der Waals surface area contributed by atoms with Gasteiger partial charge in [0.15, 0.2) is 0 Å². The van der Waals surface area contributed by atoms with E-state index in [4.69, 9.17) is 0 Å². The third kappa shape index (κ3) is 7.63. The van der Waals surface area contributed by atoms with E-state index >= 15 is 0 Å². The van der Waals surface area contributed by atoms with E-state index in [1.165, 1.54) is 45.8 Å². The maximum Gasteiger partial charge on any atom is 0.317 e. The van der Waals surface area contributed by atoms with E-state index in [9.17, 15) is 9.59 Å². The van der Waals surface area contributed by atoms with Crippen LogP contribution in [0.1, 0.15) is 57.8 Å². The fourth-order valence-electron chi connectivity index (χ4n) is 3.89. The van der Waals surface area contributed by atoms with Crippen molar-refractivity contribution < 1.29 is 14.3 Å². The van der Waals surface area contributed by atoms with Crippen LogP contribution >= 0.6 is 0 Å². The van der Waals surface area contributed by atoms with Crippen molar-refractivity contribution in [2.45, 2.75) is 57.8 Å². The quantitative estimate of drug-likeness (QED) is 0.564. The molecule has 0 bridgehead atoms. The van der Waals surface area contributed by atoms with Crippen LogP contribution in [0, 0.1) is 5.92 Å². The maximum absolute atomic E-state index is 12.3. The summed E-state index contributed by atoms with van der Waals surface area (Å²) in [6.45, 7) is 5.60. The molecule has 2 amide bonds. The van der Waals surface area contributed by atoms with E-state index in [1.54, 1.807) is 0 Å². The molecular formula is C19H35N3O3. The first-order chi connectivity index (χ1) is 12.2. The molecule has 0 aromatic rings. The minimum Gasteiger partial charge on any atom is -0.469 e. The number of hydrogen-bond acceptors (Lipinski definition) is 4. The molecule has 6 nitrogen and oxygen atoms in total. The summed E-state index contributed by atoms with van der Waals surface area (Å²) in [7, 11) is 1.40. The Morgan fingerprint density at radius 2 is 1.80 bits per heavy atom. The molecule has 1 heterocycles. The highest BCUT2D eigenvalue weighted by Crippen LogP contribution is 2.24. The second-order valence-electron chi connectivity index (χ2n) is 7.41. The number of carbonyl (C=O) groups is 2. The number of nitrogens with one attached hydrogen (secondary N) is 1. The fraction of sp³-hybridized carbons (Fsp3) is 0.895. The number of carbonyl (C=O) groups excluding carboxylic acids is 2. The number of urea groups is 1. The van der Waals surface area contributed by atoms with Crippen molar-refractivity contribution in [3.8, 4) is 0 Å². The molecule has 1 saturated heterocycles. The van der Waals surface area contributed by atoms with E-state index in [0.29, 0.717) is 13.0 Å². The van der Waals surface area contributed by atoms with Crippen LogP contribution in [0.25, 0.3) is 0 Å². The lowest BCUT2D eigenvalue weighted by atomic mass is 9.89. The molecule has 0 unspecified atom stereocenters. The second-order valence-corrected chi connectivity index (χ2v) is 7.41. The zero-order valence-corrected chi connectivity index (χ0v) is 15.8. The van der Waals surface area contributed by atoms with Gasteiger partial charge in [-0.1, -0.05) is 19.3 Å². The van der Waals surface area contributed by atoms with Crippen LogP contribution in [0.4, 0.5) is 4.79 Å². The molecule has 0 radical (unpaired) electrons. The number of ether oxygens (including phenoxy) is 1. The number of rotatable bonds is 7. The minimum atomic E-state index is -0.183. The Kier molecular flexibility index (Phi) is 9.08. The summed E-state index contributed by atoms with van der Waals surface area (Å²) >= 11 is 0. The second kappa shape index (κ2) is 11.3. The van der Waals surface area contributed by atoms with Gasteiger partial charge in [-0.15, -0.1) is 0 Å². The van der Waals surface area contributed by atoms with Gasteiger partial charge in [-0.25, -0.2) is 4.79 Å². The highest BCUT2D eigenvalue weighted by atomic mass is 16.5. The largest absolute Gasteiger partial charge is 0.469 e. The SMILES string of the molecule is COC(=O)CCCCNC(=O)N1CCCN(CC2CCCCC2)CC1. The molecular weight excluding hydrogens is 318 g/mol. The van der Waals surface area contributed by atoms with Gasteiger partial charge in [0.05, 0.1) is 7.11 Å². The Labute approximate surface area is 152 Å². The number of amides is 2. The van der Waals surface area contributed by atoms with Crippen molar-refractivity contribution in [1.29, 1.82) is 0 Å². The molecule has 25 heavy (non-hydrogen) atoms. The Hall–Kier alpha value is -1.30. The summed E-state index contributed by atoms with van der Waals surface area (Å²) in [6.07, 6.45) is 9.99. The highest BCUT2D eigenvalue weighted by molar-refractivity contribution is 5.74. The van der Waals surface area contributed by atoms with Gasteiger partial charge in [0, 0.05) is 39.1 Å². The average Bonchev–Trinajstić information content (AvgIpc) is 2.87. The minimum absolute atomic E-state index is 0.0394. The monoisotopic (exact) mass is 353 g/mol. The lowest BCUT2D eigenvalue weighted by Gasteiger charge is -2.28. The number of methoxy groups -OCH3 is 1. The number of hydrogen-bond donors (Lipinski definition) is 1. The van der Waals surface area contributed by atoms with Crippen LogP contribution in [-0.2, 0) is 9.53 Å². The molecule has 0 aromatic carbocycles. The standard InChI is InChI=1S/C19H35N3O3/c1-25-18(23)10-5-6-11-20-19(24)22-13-7-12-21(14-15-22)16-17-8-3-2-4-9-17/h17H,2-16H2,1H3,(H,20,24). The van der Waals surface area contributed by atoms with Crippen molar-refractivity contribution in [2.75, 3.05) is 46.4 Å². The maximum atomic E-state index is 12.3. The molecule has 1 aliphatic carbocycles. The summed E-state index contributed by atoms with van der Waals surface area (Å²) in [5.74, 6) is 0.681. The van der Waals surface area contributed by atoms with Gasteiger partial charge >= 0.3 is 12.0 Å². The Morgan fingerprint density at radius 3 is 2.56 bits per heavy atom. The van der Waals surface area contributed by atoms with Gasteiger partial charge in [-0.05, 0) is 44.6 Å². The van der Waals surface area contributed by atoms with Gasteiger partial charge in [0.25, 0.3) is 0 Å². The fourth-order valence-corrected chi connectivity index (χ4v) is 3.89. The van der Waals surface area contributed by atoms with Gasteiger partial charge in [0.1, 0.15) is 0 Å². The van der Waals surface area contributed by atoms with Crippen LogP contribution in [0.5, 0.6) is 0 Å². The van der Waals surface area contributed by atoms with Crippen molar-refractivity contribution in [2.24, 2.45) is 5.92 Å². The molecule has 1 aliphatic heterocycles. The van der Waals surface area contributed by atoms with Crippen molar-refractivity contribution in [1.82, 2.24) is 15.1 Å². The molecule has 2 rings (SSSR count). The predicted octanol–water partition coefficient (Wildman–Crippen LogP) is 2.63. The summed E-state index contributed by atoms with van der Waals surface area (Å²) < 4.78 is 4.61. The zero-order valence-electron chi connectivity index (χ0n) is 15.8. The summed E-state index contributed by atoms with van der Waals surface area (Å²) in [5.41, 5.74) is 0. The summed E-state index contributed by atoms with van der Waals surface area (Å²) in [5, 5.41) is 2.98. The molecule has 6 heteroatoms. The molecule has 1 saturated carbocycles. The lowest BCUT2D eigenvalue weighted by Crippen LogP contribution is -2.42. The number of unbranched alkanes of at least 4 members (excludes halogenated alkanes) is 1. The Balaban J connectivity index is 1.60. The molecule has 1 N–H and O–H groups in total. The first kappa shape index (κ1) is 20.0. The molecule has 2 aliphatic rings. The van der Waals surface area contributed by atoms with E-state index in [0.717, 1.165) is 51.4 Å². The van der Waals surface area contributed by atoms with Gasteiger partial charge in [-0.2, -0.15) is 0 Å². The van der Waals surface area contributed by atoms with Crippen LogP contribution in [0.2, 0.25) is 0 Å². The van der Waals surface area contributed by atoms with Gasteiger partial charge in [0.2, 0.25) is 0 Å². The molecule has 0 aromatic heterocycles. The van der Waals surface area contributed by atoms with Crippen molar-refractivity contribution in [3.05, 3.63) is 0 Å². The Morgan fingerprint density at radius 1 is 1.00 bits per heavy atom. The van der Waals surface area contributed by atoms with Crippen molar-refractivity contribution in [3.63, 3.8) is 0 Å². The smallest absolute Gasteiger partial charge is 0.317 e. The predicted molar refractivity (Wildman–Crippen MR) is 98.5 cm³/mol. The van der Waals surface area contributed by atoms with E-state index in [1.807, 2.05) is 4.90 Å². The zero-order chi connectivity index (χ0) is 17.9. The van der Waals surface area contributed by atoms with E-state index < -0.39 is 0 Å². The normalized spacial score (nSPS) is 20.1.